The van der Waals surface area contributed by atoms with Gasteiger partial charge >= 0.3 is 5.97 Å². The number of rotatable bonds is 5. The van der Waals surface area contributed by atoms with Crippen molar-refractivity contribution in [3.8, 4) is 0 Å². The summed E-state index contributed by atoms with van der Waals surface area (Å²) < 4.78 is 4.82. The van der Waals surface area contributed by atoms with Gasteiger partial charge in [-0.3, -0.25) is 4.79 Å². The molecule has 0 aromatic carbocycles. The zero-order chi connectivity index (χ0) is 18.7. The number of amides is 1. The third-order valence-electron chi connectivity index (χ3n) is 5.68. The quantitative estimate of drug-likeness (QED) is 0.721. The third kappa shape index (κ3) is 3.50. The summed E-state index contributed by atoms with van der Waals surface area (Å²) in [6.45, 7) is 3.97. The molecule has 3 rings (SSSR count). The molecular formula is C19H30N4O3. The van der Waals surface area contributed by atoms with E-state index in [2.05, 4.69) is 15.1 Å². The number of likely N-dealkylation sites (N-methyl/N-ethyl adjacent to an activating group) is 1. The van der Waals surface area contributed by atoms with E-state index in [9.17, 15) is 9.59 Å². The van der Waals surface area contributed by atoms with Crippen LogP contribution in [0, 0.1) is 0 Å². The lowest BCUT2D eigenvalue weighted by Crippen LogP contribution is -2.55. The highest BCUT2D eigenvalue weighted by molar-refractivity contribution is 5.90. The fourth-order valence-electron chi connectivity index (χ4n) is 4.12. The average Bonchev–Trinajstić information content (AvgIpc) is 2.92. The van der Waals surface area contributed by atoms with Crippen molar-refractivity contribution in [3.63, 3.8) is 0 Å². The second kappa shape index (κ2) is 7.80. The number of piperidine rings is 1. The van der Waals surface area contributed by atoms with E-state index in [0.29, 0.717) is 18.7 Å². The van der Waals surface area contributed by atoms with E-state index in [-0.39, 0.29) is 11.9 Å². The van der Waals surface area contributed by atoms with Crippen molar-refractivity contribution in [1.82, 2.24) is 20.0 Å². The molecule has 0 unspecified atom stereocenters. The highest BCUT2D eigenvalue weighted by atomic mass is 16.5. The third-order valence-corrected chi connectivity index (χ3v) is 5.68. The lowest BCUT2D eigenvalue weighted by molar-refractivity contribution is -0.136. The minimum absolute atomic E-state index is 0.254. The molecule has 1 spiro atoms. The molecule has 1 aliphatic carbocycles. The summed E-state index contributed by atoms with van der Waals surface area (Å²) in [6, 6.07) is 0. The molecule has 7 nitrogen and oxygen atoms in total. The van der Waals surface area contributed by atoms with Crippen LogP contribution in [0.4, 0.5) is 0 Å². The summed E-state index contributed by atoms with van der Waals surface area (Å²) in [4.78, 5) is 31.4. The van der Waals surface area contributed by atoms with Gasteiger partial charge in [-0.2, -0.15) is 0 Å². The van der Waals surface area contributed by atoms with Crippen molar-refractivity contribution in [2.45, 2.75) is 31.2 Å². The molecule has 2 aliphatic heterocycles. The number of hydrogen-bond donors (Lipinski definition) is 1. The predicted octanol–water partition coefficient (Wildman–Crippen LogP) is 0.549. The number of nitrogens with one attached hydrogen (secondary N) is 1. The van der Waals surface area contributed by atoms with Gasteiger partial charge in [-0.15, -0.1) is 0 Å². The van der Waals surface area contributed by atoms with E-state index < -0.39 is 5.54 Å². The van der Waals surface area contributed by atoms with E-state index in [0.717, 1.165) is 51.1 Å². The fourth-order valence-corrected chi connectivity index (χ4v) is 4.12. The topological polar surface area (TPSA) is 65.1 Å². The van der Waals surface area contributed by atoms with Crippen LogP contribution in [0.3, 0.4) is 0 Å². The second-order valence-corrected chi connectivity index (χ2v) is 7.56. The van der Waals surface area contributed by atoms with Gasteiger partial charge in [0, 0.05) is 24.4 Å². The predicted molar refractivity (Wildman–Crippen MR) is 99.2 cm³/mol. The Labute approximate surface area is 155 Å². The van der Waals surface area contributed by atoms with Crippen LogP contribution in [0.2, 0.25) is 0 Å². The molecule has 0 aromatic heterocycles. The first kappa shape index (κ1) is 18.9. The molecular weight excluding hydrogens is 332 g/mol. The largest absolute Gasteiger partial charge is 0.466 e. The van der Waals surface area contributed by atoms with E-state index in [1.54, 1.807) is 0 Å². The molecule has 3 aliphatic rings. The Kier molecular flexibility index (Phi) is 5.67. The smallest absolute Gasteiger partial charge is 0.333 e. The van der Waals surface area contributed by atoms with Crippen LogP contribution < -0.4 is 5.32 Å². The van der Waals surface area contributed by atoms with Gasteiger partial charge < -0.3 is 24.8 Å². The monoisotopic (exact) mass is 362 g/mol. The Balaban J connectivity index is 1.84. The number of esters is 1. The van der Waals surface area contributed by atoms with Crippen LogP contribution in [-0.2, 0) is 14.3 Å². The van der Waals surface area contributed by atoms with Crippen molar-refractivity contribution in [1.29, 1.82) is 0 Å². The maximum Gasteiger partial charge on any atom is 0.333 e. The van der Waals surface area contributed by atoms with Crippen molar-refractivity contribution < 1.29 is 14.3 Å². The van der Waals surface area contributed by atoms with Crippen LogP contribution in [-0.4, -0.2) is 86.2 Å². The van der Waals surface area contributed by atoms with Crippen molar-refractivity contribution in [3.05, 3.63) is 23.4 Å². The Bertz CT molecular complexity index is 620. The summed E-state index contributed by atoms with van der Waals surface area (Å²) in [5, 5.41) is 3.38. The van der Waals surface area contributed by atoms with Crippen LogP contribution in [0.25, 0.3) is 0 Å². The summed E-state index contributed by atoms with van der Waals surface area (Å²) in [5.74, 6) is -0.00789. The van der Waals surface area contributed by atoms with Crippen LogP contribution in [0.1, 0.15) is 25.7 Å². The number of hydrogen-bond acceptors (Lipinski definition) is 6. The number of allylic oxidation sites excluding steroid dienone is 3. The maximum absolute atomic E-state index is 13.3. The van der Waals surface area contributed by atoms with Gasteiger partial charge in [-0.05, 0) is 58.9 Å². The molecule has 0 saturated carbocycles. The molecule has 26 heavy (non-hydrogen) atoms. The van der Waals surface area contributed by atoms with Gasteiger partial charge in [0.05, 0.1) is 13.8 Å². The van der Waals surface area contributed by atoms with Gasteiger partial charge in [0.15, 0.2) is 0 Å². The van der Waals surface area contributed by atoms with Gasteiger partial charge in [0.25, 0.3) is 0 Å². The van der Waals surface area contributed by atoms with E-state index >= 15 is 0 Å². The van der Waals surface area contributed by atoms with E-state index in [1.165, 1.54) is 7.11 Å². The molecule has 2 heterocycles. The van der Waals surface area contributed by atoms with Gasteiger partial charge in [-0.25, -0.2) is 4.79 Å². The highest BCUT2D eigenvalue weighted by Gasteiger charge is 2.53. The normalized spacial score (nSPS) is 22.7. The van der Waals surface area contributed by atoms with E-state index in [4.69, 9.17) is 4.74 Å². The average molecular weight is 362 g/mol. The van der Waals surface area contributed by atoms with Crippen molar-refractivity contribution >= 4 is 11.9 Å². The standard InChI is InChI=1S/C19H30N4O3/c1-21(2)12-13-22-14-23(19(18(22)25)8-10-20-11-9-19)16-6-4-15(5-7-16)17(24)26-3/h4,6,20H,5,7-14H2,1-3H3. The van der Waals surface area contributed by atoms with Crippen LogP contribution >= 0.6 is 0 Å². The van der Waals surface area contributed by atoms with Crippen molar-refractivity contribution in [2.75, 3.05) is 54.1 Å². The summed E-state index contributed by atoms with van der Waals surface area (Å²) >= 11 is 0. The molecule has 0 atom stereocenters. The zero-order valence-electron chi connectivity index (χ0n) is 16.1. The summed E-state index contributed by atoms with van der Waals surface area (Å²) in [5.41, 5.74) is 1.42. The van der Waals surface area contributed by atoms with E-state index in [1.807, 2.05) is 31.1 Å². The van der Waals surface area contributed by atoms with Crippen molar-refractivity contribution in [2.24, 2.45) is 0 Å². The Hall–Kier alpha value is -1.86. The Morgan fingerprint density at radius 2 is 2.00 bits per heavy atom. The Morgan fingerprint density at radius 3 is 2.58 bits per heavy atom. The SMILES string of the molecule is COC(=O)C1=CC=C(N2CN(CCN(C)C)C(=O)C23CCNCC3)CC1. The maximum atomic E-state index is 13.3. The summed E-state index contributed by atoms with van der Waals surface area (Å²) in [6.07, 6.45) is 6.94. The molecule has 1 N–H and O–H groups in total. The zero-order valence-corrected chi connectivity index (χ0v) is 16.1. The molecule has 1 amide bonds. The van der Waals surface area contributed by atoms with Crippen LogP contribution in [0.15, 0.2) is 23.4 Å². The molecule has 0 radical (unpaired) electrons. The first-order chi connectivity index (χ1) is 12.5. The molecule has 0 aromatic rings. The number of methoxy groups -OCH3 is 1. The minimum atomic E-state index is -0.431. The lowest BCUT2D eigenvalue weighted by atomic mass is 9.85. The number of carbonyl (C=O) groups excluding carboxylic acids is 2. The first-order valence-corrected chi connectivity index (χ1v) is 9.38. The fraction of sp³-hybridized carbons (Fsp3) is 0.684. The number of nitrogens with zero attached hydrogens (tertiary/aromatic N) is 3. The minimum Gasteiger partial charge on any atom is -0.466 e. The number of ether oxygens (including phenoxy) is 1. The van der Waals surface area contributed by atoms with Gasteiger partial charge in [0.1, 0.15) is 5.54 Å². The lowest BCUT2D eigenvalue weighted by Gasteiger charge is -2.41. The van der Waals surface area contributed by atoms with Gasteiger partial charge in [-0.1, -0.05) is 6.08 Å². The number of carbonyl (C=O) groups is 2. The van der Waals surface area contributed by atoms with Gasteiger partial charge in [0.2, 0.25) is 5.91 Å². The molecule has 2 saturated heterocycles. The van der Waals surface area contributed by atoms with Crippen LogP contribution in [0.5, 0.6) is 0 Å². The molecule has 0 bridgehead atoms. The summed E-state index contributed by atoms with van der Waals surface area (Å²) in [7, 11) is 5.47. The highest BCUT2D eigenvalue weighted by Crippen LogP contribution is 2.39. The second-order valence-electron chi connectivity index (χ2n) is 7.56. The first-order valence-electron chi connectivity index (χ1n) is 9.38. The molecule has 144 valence electrons. The molecule has 7 heteroatoms. The molecule has 2 fully saturated rings. The Morgan fingerprint density at radius 1 is 1.27 bits per heavy atom.